The molecule has 0 fully saturated rings. The summed E-state index contributed by atoms with van der Waals surface area (Å²) >= 11 is 0. The van der Waals surface area contributed by atoms with Crippen molar-refractivity contribution in [1.29, 1.82) is 0 Å². The molecule has 0 spiro atoms. The van der Waals surface area contributed by atoms with Gasteiger partial charge in [0, 0.05) is 5.56 Å². The van der Waals surface area contributed by atoms with Crippen LogP contribution < -0.4 is 4.74 Å². The van der Waals surface area contributed by atoms with Gasteiger partial charge in [-0.15, -0.1) is 0 Å². The molecule has 0 aromatic heterocycles. The van der Waals surface area contributed by atoms with Gasteiger partial charge in [-0.1, -0.05) is 24.8 Å². The first-order valence-electron chi connectivity index (χ1n) is 5.70. The molecule has 2 aromatic carbocycles. The minimum absolute atomic E-state index is 0.0405. The molecule has 0 saturated heterocycles. The van der Waals surface area contributed by atoms with Crippen molar-refractivity contribution in [2.75, 3.05) is 0 Å². The molecule has 2 aromatic rings. The highest BCUT2D eigenvalue weighted by Gasteiger charge is 2.06. The Kier molecular flexibility index (Phi) is 3.58. The first-order valence-corrected chi connectivity index (χ1v) is 5.70. The van der Waals surface area contributed by atoms with Crippen LogP contribution in [0.5, 0.6) is 11.5 Å². The van der Waals surface area contributed by atoms with Gasteiger partial charge in [-0.2, -0.15) is 0 Å². The molecule has 0 aliphatic carbocycles. The number of ether oxygens (including phenoxy) is 1. The van der Waals surface area contributed by atoms with E-state index in [-0.39, 0.29) is 5.78 Å². The molecule has 2 rings (SSSR count). The number of Topliss-reactive ketones (excluding diaryl/α,β-unsaturated/α-hetero) is 1. The van der Waals surface area contributed by atoms with Gasteiger partial charge in [-0.3, -0.25) is 4.79 Å². The summed E-state index contributed by atoms with van der Waals surface area (Å²) in [6, 6.07) is 16.6. The number of para-hydroxylation sites is 1. The van der Waals surface area contributed by atoms with Crippen molar-refractivity contribution in [1.82, 2.24) is 0 Å². The summed E-state index contributed by atoms with van der Waals surface area (Å²) in [5.74, 6) is 1.44. The van der Waals surface area contributed by atoms with E-state index >= 15 is 0 Å². The maximum absolute atomic E-state index is 11.7. The fourth-order valence-electron chi connectivity index (χ4n) is 1.55. The molecule has 0 saturated carbocycles. The minimum atomic E-state index is -0.0405. The molecular formula is C16H14O2. The van der Waals surface area contributed by atoms with Crippen LogP contribution in [-0.2, 0) is 0 Å². The van der Waals surface area contributed by atoms with Crippen LogP contribution in [0.2, 0.25) is 0 Å². The van der Waals surface area contributed by atoms with Gasteiger partial charge in [0.05, 0.1) is 0 Å². The summed E-state index contributed by atoms with van der Waals surface area (Å²) < 4.78 is 5.64. The molecule has 0 bridgehead atoms. The Labute approximate surface area is 107 Å². The zero-order valence-electron chi connectivity index (χ0n) is 10.2. The number of allylic oxidation sites excluding steroid dienone is 1. The third-order valence-corrected chi connectivity index (χ3v) is 2.48. The molecule has 0 amide bonds. The Balaban J connectivity index is 2.13. The fourth-order valence-corrected chi connectivity index (χ4v) is 1.55. The predicted molar refractivity (Wildman–Crippen MR) is 72.1 cm³/mol. The highest BCUT2D eigenvalue weighted by molar-refractivity contribution is 6.07. The van der Waals surface area contributed by atoms with E-state index in [1.807, 2.05) is 30.3 Å². The summed E-state index contributed by atoms with van der Waals surface area (Å²) in [6.07, 6.45) is 0. The number of carbonyl (C=O) groups is 1. The lowest BCUT2D eigenvalue weighted by Gasteiger charge is -2.06. The summed E-state index contributed by atoms with van der Waals surface area (Å²) in [5, 5.41) is 0. The number of hydrogen-bond donors (Lipinski definition) is 0. The van der Waals surface area contributed by atoms with Crippen molar-refractivity contribution >= 4 is 5.78 Å². The molecule has 90 valence electrons. The van der Waals surface area contributed by atoms with Gasteiger partial charge in [0.1, 0.15) is 11.5 Å². The van der Waals surface area contributed by atoms with Crippen LogP contribution in [0.25, 0.3) is 0 Å². The van der Waals surface area contributed by atoms with Crippen LogP contribution in [-0.4, -0.2) is 5.78 Å². The molecule has 0 atom stereocenters. The zero-order valence-corrected chi connectivity index (χ0v) is 10.2. The van der Waals surface area contributed by atoms with Crippen molar-refractivity contribution in [2.24, 2.45) is 0 Å². The fraction of sp³-hybridized carbons (Fsp3) is 0.0625. The van der Waals surface area contributed by atoms with Crippen molar-refractivity contribution in [2.45, 2.75) is 6.92 Å². The number of ketones is 1. The Morgan fingerprint density at radius 2 is 1.50 bits per heavy atom. The van der Waals surface area contributed by atoms with Crippen molar-refractivity contribution in [3.05, 3.63) is 72.3 Å². The van der Waals surface area contributed by atoms with E-state index in [0.717, 1.165) is 5.75 Å². The summed E-state index contributed by atoms with van der Waals surface area (Å²) in [5.41, 5.74) is 1.16. The lowest BCUT2D eigenvalue weighted by atomic mass is 10.1. The highest BCUT2D eigenvalue weighted by Crippen LogP contribution is 2.21. The first kappa shape index (κ1) is 12.1. The topological polar surface area (TPSA) is 26.3 Å². The van der Waals surface area contributed by atoms with E-state index in [4.69, 9.17) is 4.74 Å². The molecule has 0 heterocycles. The van der Waals surface area contributed by atoms with Crippen LogP contribution >= 0.6 is 0 Å². The van der Waals surface area contributed by atoms with Gasteiger partial charge < -0.3 is 4.74 Å². The Morgan fingerprint density at radius 1 is 0.944 bits per heavy atom. The molecule has 0 radical (unpaired) electrons. The number of benzene rings is 2. The quantitative estimate of drug-likeness (QED) is 0.588. The van der Waals surface area contributed by atoms with E-state index in [9.17, 15) is 4.79 Å². The van der Waals surface area contributed by atoms with Crippen molar-refractivity contribution in [3.8, 4) is 11.5 Å². The van der Waals surface area contributed by atoms with Crippen LogP contribution in [0, 0.1) is 0 Å². The van der Waals surface area contributed by atoms with Gasteiger partial charge >= 0.3 is 0 Å². The molecule has 2 nitrogen and oxygen atoms in total. The van der Waals surface area contributed by atoms with Gasteiger partial charge in [-0.25, -0.2) is 0 Å². The second-order valence-corrected chi connectivity index (χ2v) is 4.05. The molecule has 18 heavy (non-hydrogen) atoms. The molecule has 0 aliphatic rings. The van der Waals surface area contributed by atoms with Crippen LogP contribution in [0.3, 0.4) is 0 Å². The Hall–Kier alpha value is -2.35. The maximum atomic E-state index is 11.7. The second-order valence-electron chi connectivity index (χ2n) is 4.05. The summed E-state index contributed by atoms with van der Waals surface area (Å²) in [6.45, 7) is 5.35. The average Bonchev–Trinajstić information content (AvgIpc) is 2.40. The highest BCUT2D eigenvalue weighted by atomic mass is 16.5. The normalized spacial score (nSPS) is 9.83. The second kappa shape index (κ2) is 5.32. The van der Waals surface area contributed by atoms with Crippen LogP contribution in [0.1, 0.15) is 17.3 Å². The largest absolute Gasteiger partial charge is 0.457 e. The van der Waals surface area contributed by atoms with Gasteiger partial charge in [-0.05, 0) is 48.9 Å². The Morgan fingerprint density at radius 3 is 2.06 bits per heavy atom. The Bertz CT molecular complexity index is 553. The van der Waals surface area contributed by atoms with E-state index in [2.05, 4.69) is 6.58 Å². The number of carbonyl (C=O) groups excluding carboxylic acids is 1. The smallest absolute Gasteiger partial charge is 0.188 e. The molecule has 0 N–H and O–H groups in total. The standard InChI is InChI=1S/C16H14O2/c1-12(2)16(17)13-8-10-15(11-9-13)18-14-6-4-3-5-7-14/h3-11H,1H2,2H3. The monoisotopic (exact) mass is 238 g/mol. The van der Waals surface area contributed by atoms with E-state index in [1.54, 1.807) is 31.2 Å². The zero-order chi connectivity index (χ0) is 13.0. The average molecular weight is 238 g/mol. The van der Waals surface area contributed by atoms with Crippen molar-refractivity contribution < 1.29 is 9.53 Å². The number of rotatable bonds is 4. The van der Waals surface area contributed by atoms with E-state index in [0.29, 0.717) is 16.9 Å². The maximum Gasteiger partial charge on any atom is 0.188 e. The minimum Gasteiger partial charge on any atom is -0.457 e. The molecule has 0 aliphatic heterocycles. The third-order valence-electron chi connectivity index (χ3n) is 2.48. The lowest BCUT2D eigenvalue weighted by Crippen LogP contribution is -1.98. The lowest BCUT2D eigenvalue weighted by molar-refractivity contribution is 0.103. The van der Waals surface area contributed by atoms with Gasteiger partial charge in [0.2, 0.25) is 0 Å². The number of hydrogen-bond acceptors (Lipinski definition) is 2. The molecule has 0 unspecified atom stereocenters. The summed E-state index contributed by atoms with van der Waals surface area (Å²) in [7, 11) is 0. The van der Waals surface area contributed by atoms with Crippen molar-refractivity contribution in [3.63, 3.8) is 0 Å². The molecular weight excluding hydrogens is 224 g/mol. The summed E-state index contributed by atoms with van der Waals surface area (Å²) in [4.78, 5) is 11.7. The molecule has 2 heteroatoms. The SMILES string of the molecule is C=C(C)C(=O)c1ccc(Oc2ccccc2)cc1. The van der Waals surface area contributed by atoms with Crippen LogP contribution in [0.15, 0.2) is 66.7 Å². The first-order chi connectivity index (χ1) is 8.66. The van der Waals surface area contributed by atoms with E-state index in [1.165, 1.54) is 0 Å². The van der Waals surface area contributed by atoms with Gasteiger partial charge in [0.15, 0.2) is 5.78 Å². The predicted octanol–water partition coefficient (Wildman–Crippen LogP) is 4.24. The van der Waals surface area contributed by atoms with E-state index < -0.39 is 0 Å². The van der Waals surface area contributed by atoms with Crippen LogP contribution in [0.4, 0.5) is 0 Å². The van der Waals surface area contributed by atoms with Gasteiger partial charge in [0.25, 0.3) is 0 Å². The third kappa shape index (κ3) is 2.86.